The first-order chi connectivity index (χ1) is 13.1. The van der Waals surface area contributed by atoms with Crippen molar-refractivity contribution in [2.75, 3.05) is 13.6 Å². The first-order valence-corrected chi connectivity index (χ1v) is 8.46. The Hall–Kier alpha value is -3.54. The van der Waals surface area contributed by atoms with E-state index in [0.717, 1.165) is 5.39 Å². The van der Waals surface area contributed by atoms with Gasteiger partial charge in [0.25, 0.3) is 5.91 Å². The number of carbonyl (C=O) groups is 1. The van der Waals surface area contributed by atoms with Gasteiger partial charge >= 0.3 is 0 Å². The Balaban J connectivity index is 1.78. The summed E-state index contributed by atoms with van der Waals surface area (Å²) in [5.41, 5.74) is 2.14. The van der Waals surface area contributed by atoms with Gasteiger partial charge in [0.05, 0.1) is 11.3 Å². The number of benzene rings is 1. The molecule has 27 heavy (non-hydrogen) atoms. The van der Waals surface area contributed by atoms with E-state index in [-0.39, 0.29) is 11.7 Å². The molecule has 3 heterocycles. The summed E-state index contributed by atoms with van der Waals surface area (Å²) in [6.45, 7) is 4.10. The zero-order chi connectivity index (χ0) is 19.0. The average Bonchev–Trinajstić information content (AvgIpc) is 3.10. The largest absolute Gasteiger partial charge is 0.338 e. The van der Waals surface area contributed by atoms with Crippen molar-refractivity contribution in [2.45, 2.75) is 0 Å². The van der Waals surface area contributed by atoms with Crippen LogP contribution in [0.4, 0.5) is 4.39 Å². The van der Waals surface area contributed by atoms with E-state index in [9.17, 15) is 9.18 Å². The second-order valence-corrected chi connectivity index (χ2v) is 6.30. The molecule has 0 bridgehead atoms. The first-order valence-electron chi connectivity index (χ1n) is 8.46. The predicted octanol–water partition coefficient (Wildman–Crippen LogP) is 3.97. The van der Waals surface area contributed by atoms with Crippen LogP contribution in [-0.2, 0) is 0 Å². The molecule has 0 unspecified atom stereocenters. The van der Waals surface area contributed by atoms with Crippen LogP contribution in [0.3, 0.4) is 0 Å². The van der Waals surface area contributed by atoms with E-state index in [1.807, 2.05) is 24.4 Å². The Morgan fingerprint density at radius 2 is 2.11 bits per heavy atom. The Kier molecular flexibility index (Phi) is 4.16. The zero-order valence-corrected chi connectivity index (χ0v) is 14.8. The molecule has 0 atom stereocenters. The average molecular weight is 360 g/mol. The number of hydrogen-bond acceptors (Lipinski definition) is 3. The summed E-state index contributed by atoms with van der Waals surface area (Å²) < 4.78 is 16.2. The Morgan fingerprint density at radius 3 is 2.93 bits per heavy atom. The van der Waals surface area contributed by atoms with E-state index >= 15 is 0 Å². The number of hydrogen-bond donors (Lipinski definition) is 0. The fourth-order valence-corrected chi connectivity index (χ4v) is 3.12. The minimum Gasteiger partial charge on any atom is -0.338 e. The highest BCUT2D eigenvalue weighted by Crippen LogP contribution is 2.24. The van der Waals surface area contributed by atoms with Gasteiger partial charge in [-0.1, -0.05) is 12.1 Å². The zero-order valence-electron chi connectivity index (χ0n) is 14.8. The molecule has 5 nitrogen and oxygen atoms in total. The third kappa shape index (κ3) is 2.95. The van der Waals surface area contributed by atoms with Crippen LogP contribution in [0.5, 0.6) is 0 Å². The molecule has 6 heteroatoms. The maximum atomic E-state index is 14.4. The third-order valence-electron chi connectivity index (χ3n) is 4.44. The molecule has 134 valence electrons. The number of amides is 1. The van der Waals surface area contributed by atoms with Gasteiger partial charge in [0.2, 0.25) is 0 Å². The molecule has 4 aromatic rings. The quantitative estimate of drug-likeness (QED) is 0.518. The van der Waals surface area contributed by atoms with E-state index in [1.165, 1.54) is 6.07 Å². The first kappa shape index (κ1) is 16.9. The van der Waals surface area contributed by atoms with Crippen molar-refractivity contribution in [1.82, 2.24) is 19.4 Å². The van der Waals surface area contributed by atoms with E-state index in [2.05, 4.69) is 16.5 Å². The van der Waals surface area contributed by atoms with Gasteiger partial charge in [0.15, 0.2) is 5.82 Å². The summed E-state index contributed by atoms with van der Waals surface area (Å²) in [7, 11) is 1.71. The van der Waals surface area contributed by atoms with Gasteiger partial charge in [-0.05, 0) is 24.3 Å². The number of fused-ring (bicyclic) bond motifs is 2. The van der Waals surface area contributed by atoms with Crippen LogP contribution >= 0.6 is 0 Å². The van der Waals surface area contributed by atoms with Gasteiger partial charge in [0, 0.05) is 49.0 Å². The smallest absolute Gasteiger partial charge is 0.255 e. The van der Waals surface area contributed by atoms with Gasteiger partial charge < -0.3 is 9.47 Å². The van der Waals surface area contributed by atoms with Crippen molar-refractivity contribution >= 4 is 27.8 Å². The van der Waals surface area contributed by atoms with E-state index in [1.54, 1.807) is 47.1 Å². The van der Waals surface area contributed by atoms with E-state index in [0.29, 0.717) is 34.3 Å². The highest BCUT2D eigenvalue weighted by molar-refractivity contribution is 5.97. The van der Waals surface area contributed by atoms with Gasteiger partial charge in [-0.2, -0.15) is 0 Å². The highest BCUT2D eigenvalue weighted by Gasteiger charge is 2.14. The summed E-state index contributed by atoms with van der Waals surface area (Å²) in [5, 5.41) is 1.52. The molecule has 3 aromatic heterocycles. The monoisotopic (exact) mass is 360 g/mol. The lowest BCUT2D eigenvalue weighted by Crippen LogP contribution is -2.26. The molecular formula is C21H17FN4O. The number of rotatable bonds is 4. The van der Waals surface area contributed by atoms with Gasteiger partial charge in [-0.15, -0.1) is 6.58 Å². The summed E-state index contributed by atoms with van der Waals surface area (Å²) in [6, 6.07) is 10.5. The Labute approximate surface area is 155 Å². The molecular weight excluding hydrogens is 343 g/mol. The fraction of sp³-hybridized carbons (Fsp3) is 0.0952. The molecule has 0 saturated heterocycles. The molecule has 4 rings (SSSR count). The van der Waals surface area contributed by atoms with Crippen molar-refractivity contribution in [3.63, 3.8) is 0 Å². The molecule has 0 radical (unpaired) electrons. The molecule has 0 aliphatic heterocycles. The number of pyridine rings is 2. The van der Waals surface area contributed by atoms with Gasteiger partial charge in [-0.25, -0.2) is 9.37 Å². The molecule has 1 amide bonds. The summed E-state index contributed by atoms with van der Waals surface area (Å²) in [5.74, 6) is -0.511. The van der Waals surface area contributed by atoms with Crippen LogP contribution < -0.4 is 0 Å². The highest BCUT2D eigenvalue weighted by atomic mass is 19.1. The van der Waals surface area contributed by atoms with Crippen LogP contribution in [0.1, 0.15) is 10.4 Å². The maximum absolute atomic E-state index is 14.4. The third-order valence-corrected chi connectivity index (χ3v) is 4.44. The lowest BCUT2D eigenvalue weighted by atomic mass is 10.2. The molecule has 0 saturated carbocycles. The lowest BCUT2D eigenvalue weighted by molar-refractivity contribution is 0.0810. The Bertz CT molecular complexity index is 1180. The van der Waals surface area contributed by atoms with E-state index in [4.69, 9.17) is 0 Å². The van der Waals surface area contributed by atoms with Crippen molar-refractivity contribution in [3.05, 3.63) is 79.0 Å². The fourth-order valence-electron chi connectivity index (χ4n) is 3.12. The minimum atomic E-state index is -0.386. The predicted molar refractivity (Wildman–Crippen MR) is 103 cm³/mol. The van der Waals surface area contributed by atoms with Crippen LogP contribution in [0.15, 0.2) is 67.6 Å². The number of aromatic nitrogens is 3. The van der Waals surface area contributed by atoms with Crippen molar-refractivity contribution in [1.29, 1.82) is 0 Å². The molecule has 0 fully saturated rings. The maximum Gasteiger partial charge on any atom is 0.255 e. The van der Waals surface area contributed by atoms with Gasteiger partial charge in [-0.3, -0.25) is 9.78 Å². The second-order valence-electron chi connectivity index (χ2n) is 6.30. The molecule has 0 spiro atoms. The topological polar surface area (TPSA) is 51.0 Å². The minimum absolute atomic E-state index is 0.125. The number of likely N-dealkylation sites (N-methyl/N-ethyl adjacent to an activating group) is 1. The van der Waals surface area contributed by atoms with Gasteiger partial charge in [0.1, 0.15) is 11.2 Å². The van der Waals surface area contributed by atoms with Crippen LogP contribution in [0.25, 0.3) is 27.6 Å². The second kappa shape index (κ2) is 6.64. The summed E-state index contributed by atoms with van der Waals surface area (Å²) in [4.78, 5) is 22.5. The number of nitrogens with zero attached hydrogens (tertiary/aromatic N) is 4. The summed E-state index contributed by atoms with van der Waals surface area (Å²) >= 11 is 0. The number of carbonyl (C=O) groups excluding carboxylic acids is 1. The van der Waals surface area contributed by atoms with Crippen LogP contribution in [0.2, 0.25) is 0 Å². The van der Waals surface area contributed by atoms with Crippen LogP contribution in [0, 0.1) is 5.82 Å². The Morgan fingerprint density at radius 1 is 1.26 bits per heavy atom. The standard InChI is InChI=1S/C21H17FN4O/c1-3-8-25(2)21(27)16-10-15-6-9-26(20(15)24-13-16)17-11-14-5-4-7-23-19(14)18(22)12-17/h3-7,9-13H,1,8H2,2H3. The lowest BCUT2D eigenvalue weighted by Gasteiger charge is -2.14. The molecule has 0 N–H and O–H groups in total. The SMILES string of the molecule is C=CCN(C)C(=O)c1cnc2c(ccn2-c2cc(F)c3ncccc3c2)c1. The van der Waals surface area contributed by atoms with Crippen molar-refractivity contribution in [2.24, 2.45) is 0 Å². The van der Waals surface area contributed by atoms with Crippen molar-refractivity contribution in [3.8, 4) is 5.69 Å². The molecule has 1 aromatic carbocycles. The number of halogens is 1. The normalized spacial score (nSPS) is 11.0. The van der Waals surface area contributed by atoms with Crippen LogP contribution in [-0.4, -0.2) is 38.9 Å². The molecule has 0 aliphatic rings. The van der Waals surface area contributed by atoms with Crippen molar-refractivity contribution < 1.29 is 9.18 Å². The molecule has 0 aliphatic carbocycles. The summed E-state index contributed by atoms with van der Waals surface area (Å²) in [6.07, 6.45) is 6.60. The van der Waals surface area contributed by atoms with E-state index < -0.39 is 0 Å².